The molecule has 2 aromatic rings. The lowest BCUT2D eigenvalue weighted by Crippen LogP contribution is -2.44. The van der Waals surface area contributed by atoms with Crippen molar-refractivity contribution in [2.24, 2.45) is 5.73 Å². The summed E-state index contributed by atoms with van der Waals surface area (Å²) >= 11 is 0. The number of nitrogens with one attached hydrogen (secondary N) is 1. The van der Waals surface area contributed by atoms with Gasteiger partial charge in [-0.2, -0.15) is 0 Å². The Bertz CT molecular complexity index is 503. The van der Waals surface area contributed by atoms with Crippen molar-refractivity contribution >= 4 is 6.09 Å². The fourth-order valence-corrected chi connectivity index (χ4v) is 2.41. The van der Waals surface area contributed by atoms with Crippen LogP contribution in [0.25, 0.3) is 0 Å². The molecule has 0 radical (unpaired) electrons. The summed E-state index contributed by atoms with van der Waals surface area (Å²) in [5.74, 6) is -0.0986. The lowest BCUT2D eigenvalue weighted by atomic mass is 9.85. The largest absolute Gasteiger partial charge is 0.465 e. The van der Waals surface area contributed by atoms with Gasteiger partial charge in [-0.05, 0) is 11.1 Å². The Morgan fingerprint density at radius 3 is 1.80 bits per heavy atom. The van der Waals surface area contributed by atoms with Crippen molar-refractivity contribution < 1.29 is 9.90 Å². The Morgan fingerprint density at radius 1 is 1.00 bits per heavy atom. The third-order valence-corrected chi connectivity index (χ3v) is 3.28. The highest BCUT2D eigenvalue weighted by Crippen LogP contribution is 2.27. The highest BCUT2D eigenvalue weighted by Gasteiger charge is 2.25. The molecule has 0 aliphatic heterocycles. The monoisotopic (exact) mass is 270 g/mol. The molecule has 0 saturated carbocycles. The molecule has 1 amide bonds. The van der Waals surface area contributed by atoms with E-state index in [0.717, 1.165) is 11.1 Å². The smallest absolute Gasteiger partial charge is 0.404 e. The molecule has 0 aliphatic rings. The molecule has 2 aromatic carbocycles. The number of amides is 1. The predicted octanol–water partition coefficient (Wildman–Crippen LogP) is 2.41. The second-order valence-corrected chi connectivity index (χ2v) is 4.59. The first-order chi connectivity index (χ1) is 9.72. The molecule has 0 spiro atoms. The summed E-state index contributed by atoms with van der Waals surface area (Å²) in [5.41, 5.74) is 7.86. The number of carbonyl (C=O) groups is 1. The van der Waals surface area contributed by atoms with Crippen LogP contribution in [-0.4, -0.2) is 23.8 Å². The molecule has 0 bridgehead atoms. The van der Waals surface area contributed by atoms with Gasteiger partial charge in [0.25, 0.3) is 0 Å². The van der Waals surface area contributed by atoms with Gasteiger partial charge in [-0.1, -0.05) is 60.7 Å². The third-order valence-electron chi connectivity index (χ3n) is 3.28. The maximum absolute atomic E-state index is 11.0. The zero-order chi connectivity index (χ0) is 14.4. The molecule has 0 fully saturated rings. The number of benzene rings is 2. The fourth-order valence-electron chi connectivity index (χ4n) is 2.41. The molecule has 0 aliphatic carbocycles. The molecule has 1 atom stereocenters. The van der Waals surface area contributed by atoms with Crippen LogP contribution in [0.1, 0.15) is 17.0 Å². The van der Waals surface area contributed by atoms with Gasteiger partial charge >= 0.3 is 6.09 Å². The second-order valence-electron chi connectivity index (χ2n) is 4.59. The van der Waals surface area contributed by atoms with Gasteiger partial charge in [0.05, 0.1) is 6.04 Å². The van der Waals surface area contributed by atoms with E-state index in [1.165, 1.54) is 0 Å². The molecular formula is C16H18N2O2. The van der Waals surface area contributed by atoms with E-state index >= 15 is 0 Å². The van der Waals surface area contributed by atoms with E-state index in [-0.39, 0.29) is 18.5 Å². The fraction of sp³-hybridized carbons (Fsp3) is 0.188. The van der Waals surface area contributed by atoms with Crippen molar-refractivity contribution in [3.05, 3.63) is 71.8 Å². The summed E-state index contributed by atoms with van der Waals surface area (Å²) in [6.07, 6.45) is -1.06. The van der Waals surface area contributed by atoms with Crippen LogP contribution >= 0.6 is 0 Å². The maximum Gasteiger partial charge on any atom is 0.404 e. The Labute approximate surface area is 118 Å². The SMILES string of the molecule is NC[C@@H](NC(=O)O)C(c1ccccc1)c1ccccc1. The Morgan fingerprint density at radius 2 is 1.45 bits per heavy atom. The quantitative estimate of drug-likeness (QED) is 0.781. The first kappa shape index (κ1) is 14.1. The standard InChI is InChI=1S/C16H18N2O2/c17-11-14(18-16(19)20)15(12-7-3-1-4-8-12)13-9-5-2-6-10-13/h1-10,14-15,18H,11,17H2,(H,19,20)/t14-/m1/s1. The van der Waals surface area contributed by atoms with E-state index in [1.807, 2.05) is 60.7 Å². The van der Waals surface area contributed by atoms with Crippen molar-refractivity contribution in [2.75, 3.05) is 6.54 Å². The summed E-state index contributed by atoms with van der Waals surface area (Å²) in [5, 5.41) is 11.5. The van der Waals surface area contributed by atoms with Gasteiger partial charge in [0.15, 0.2) is 0 Å². The van der Waals surface area contributed by atoms with Gasteiger partial charge in [0.2, 0.25) is 0 Å². The van der Waals surface area contributed by atoms with Crippen LogP contribution in [0.5, 0.6) is 0 Å². The van der Waals surface area contributed by atoms with E-state index in [0.29, 0.717) is 0 Å². The van der Waals surface area contributed by atoms with Gasteiger partial charge in [0, 0.05) is 12.5 Å². The Kier molecular flexibility index (Phi) is 4.74. The van der Waals surface area contributed by atoms with Crippen molar-refractivity contribution in [2.45, 2.75) is 12.0 Å². The van der Waals surface area contributed by atoms with E-state index < -0.39 is 6.09 Å². The van der Waals surface area contributed by atoms with E-state index in [2.05, 4.69) is 5.32 Å². The topological polar surface area (TPSA) is 75.3 Å². The number of nitrogens with two attached hydrogens (primary N) is 1. The highest BCUT2D eigenvalue weighted by atomic mass is 16.4. The molecule has 0 heterocycles. The lowest BCUT2D eigenvalue weighted by Gasteiger charge is -2.27. The zero-order valence-electron chi connectivity index (χ0n) is 11.1. The van der Waals surface area contributed by atoms with Crippen LogP contribution in [-0.2, 0) is 0 Å². The average molecular weight is 270 g/mol. The lowest BCUT2D eigenvalue weighted by molar-refractivity contribution is 0.189. The maximum atomic E-state index is 11.0. The molecule has 4 nitrogen and oxygen atoms in total. The number of rotatable bonds is 5. The Balaban J connectivity index is 2.41. The molecule has 20 heavy (non-hydrogen) atoms. The minimum absolute atomic E-state index is 0.0986. The summed E-state index contributed by atoms with van der Waals surface area (Å²) < 4.78 is 0. The van der Waals surface area contributed by atoms with Crippen LogP contribution in [0, 0.1) is 0 Å². The number of hydrogen-bond acceptors (Lipinski definition) is 2. The van der Waals surface area contributed by atoms with Crippen molar-refractivity contribution in [3.63, 3.8) is 0 Å². The molecule has 0 aromatic heterocycles. The van der Waals surface area contributed by atoms with Crippen molar-refractivity contribution in [3.8, 4) is 0 Å². The normalized spacial score (nSPS) is 12.1. The molecule has 4 heteroatoms. The molecule has 4 N–H and O–H groups in total. The number of carboxylic acid groups (broad SMARTS) is 1. The van der Waals surface area contributed by atoms with Crippen LogP contribution in [0.4, 0.5) is 4.79 Å². The van der Waals surface area contributed by atoms with Gasteiger partial charge in [-0.3, -0.25) is 0 Å². The summed E-state index contributed by atoms with van der Waals surface area (Å²) in [6, 6.07) is 19.2. The van der Waals surface area contributed by atoms with Crippen molar-refractivity contribution in [1.29, 1.82) is 0 Å². The third kappa shape index (κ3) is 3.36. The molecular weight excluding hydrogens is 252 g/mol. The summed E-state index contributed by atoms with van der Waals surface area (Å²) in [7, 11) is 0. The van der Waals surface area contributed by atoms with Crippen LogP contribution in [0.2, 0.25) is 0 Å². The molecule has 0 unspecified atom stereocenters. The molecule has 2 rings (SSSR count). The van der Waals surface area contributed by atoms with E-state index in [1.54, 1.807) is 0 Å². The average Bonchev–Trinajstić information content (AvgIpc) is 2.48. The summed E-state index contributed by atoms with van der Waals surface area (Å²) in [4.78, 5) is 11.0. The van der Waals surface area contributed by atoms with Crippen LogP contribution in [0.3, 0.4) is 0 Å². The minimum atomic E-state index is -1.06. The van der Waals surface area contributed by atoms with Gasteiger partial charge in [-0.25, -0.2) is 4.79 Å². The van der Waals surface area contributed by atoms with Gasteiger partial charge < -0.3 is 16.2 Å². The highest BCUT2D eigenvalue weighted by molar-refractivity contribution is 5.65. The number of hydrogen-bond donors (Lipinski definition) is 3. The van der Waals surface area contributed by atoms with Gasteiger partial charge in [-0.15, -0.1) is 0 Å². The second kappa shape index (κ2) is 6.73. The predicted molar refractivity (Wildman–Crippen MR) is 78.7 cm³/mol. The van der Waals surface area contributed by atoms with E-state index in [4.69, 9.17) is 10.8 Å². The van der Waals surface area contributed by atoms with Gasteiger partial charge in [0.1, 0.15) is 0 Å². The first-order valence-electron chi connectivity index (χ1n) is 6.51. The molecule has 104 valence electrons. The van der Waals surface area contributed by atoms with Crippen LogP contribution < -0.4 is 11.1 Å². The zero-order valence-corrected chi connectivity index (χ0v) is 11.1. The van der Waals surface area contributed by atoms with E-state index in [9.17, 15) is 4.79 Å². The Hall–Kier alpha value is -2.33. The molecule has 0 saturated heterocycles. The first-order valence-corrected chi connectivity index (χ1v) is 6.51. The van der Waals surface area contributed by atoms with Crippen molar-refractivity contribution in [1.82, 2.24) is 5.32 Å². The summed E-state index contributed by atoms with van der Waals surface area (Å²) in [6.45, 7) is 0.237. The minimum Gasteiger partial charge on any atom is -0.465 e. The van der Waals surface area contributed by atoms with Crippen LogP contribution in [0.15, 0.2) is 60.7 Å².